The number of rotatable bonds is 2. The molecule has 2 rings (SSSR count). The van der Waals surface area contributed by atoms with Gasteiger partial charge in [0.25, 0.3) is 0 Å². The second-order valence-corrected chi connectivity index (χ2v) is 5.23. The Kier molecular flexibility index (Phi) is 3.71. The Balaban J connectivity index is 2.27. The van der Waals surface area contributed by atoms with Gasteiger partial charge in [-0.25, -0.2) is 8.60 Å². The topological polar surface area (TPSA) is 17.1 Å². The van der Waals surface area contributed by atoms with Crippen LogP contribution in [0.5, 0.6) is 0 Å². The first kappa shape index (κ1) is 13.7. The Hall–Kier alpha value is -1.69. The summed E-state index contributed by atoms with van der Waals surface area (Å²) < 4.78 is 61.9. The van der Waals surface area contributed by atoms with Gasteiger partial charge in [0.2, 0.25) is 0 Å². The van der Waals surface area contributed by atoms with Gasteiger partial charge in [0.05, 0.1) is 16.4 Å². The fourth-order valence-electron chi connectivity index (χ4n) is 1.46. The van der Waals surface area contributed by atoms with Crippen LogP contribution in [-0.2, 0) is 17.0 Å². The molecule has 0 saturated heterocycles. The molecule has 0 spiro atoms. The quantitative estimate of drug-likeness (QED) is 0.763. The lowest BCUT2D eigenvalue weighted by atomic mass is 10.2. The summed E-state index contributed by atoms with van der Waals surface area (Å²) in [5.74, 6) is -0.465. The van der Waals surface area contributed by atoms with Gasteiger partial charge < -0.3 is 0 Å². The van der Waals surface area contributed by atoms with Gasteiger partial charge in [-0.2, -0.15) is 13.2 Å². The Labute approximate surface area is 109 Å². The monoisotopic (exact) mass is 288 g/mol. The predicted molar refractivity (Wildman–Crippen MR) is 62.5 cm³/mol. The average Bonchev–Trinajstić information content (AvgIpc) is 2.38. The standard InChI is InChI=1S/C13H8F4OS/c14-10-3-7-12(8-4-10)19(18)11-5-1-9(2-6-11)13(15,16)17/h1-8H. The van der Waals surface area contributed by atoms with E-state index in [2.05, 4.69) is 0 Å². The van der Waals surface area contributed by atoms with E-state index < -0.39 is 28.4 Å². The van der Waals surface area contributed by atoms with Crippen LogP contribution in [0.2, 0.25) is 0 Å². The fourth-order valence-corrected chi connectivity index (χ4v) is 2.50. The molecule has 2 aromatic rings. The van der Waals surface area contributed by atoms with Crippen molar-refractivity contribution in [2.24, 2.45) is 0 Å². The van der Waals surface area contributed by atoms with E-state index in [-0.39, 0.29) is 4.90 Å². The summed E-state index contributed by atoms with van der Waals surface area (Å²) in [6.45, 7) is 0. The maximum absolute atomic E-state index is 12.7. The Morgan fingerprint density at radius 3 is 1.63 bits per heavy atom. The maximum atomic E-state index is 12.7. The molecule has 1 nitrogen and oxygen atoms in total. The Morgan fingerprint density at radius 1 is 0.789 bits per heavy atom. The highest BCUT2D eigenvalue weighted by Crippen LogP contribution is 2.30. The van der Waals surface area contributed by atoms with E-state index >= 15 is 0 Å². The minimum atomic E-state index is -4.42. The lowest BCUT2D eigenvalue weighted by Crippen LogP contribution is -2.04. The van der Waals surface area contributed by atoms with Crippen LogP contribution >= 0.6 is 0 Å². The summed E-state index contributed by atoms with van der Waals surface area (Å²) in [7, 11) is -1.62. The van der Waals surface area contributed by atoms with Crippen LogP contribution in [0.4, 0.5) is 17.6 Å². The SMILES string of the molecule is O=S(c1ccc(F)cc1)c1ccc(C(F)(F)F)cc1. The van der Waals surface area contributed by atoms with Crippen molar-refractivity contribution >= 4 is 10.8 Å². The van der Waals surface area contributed by atoms with Gasteiger partial charge in [0, 0.05) is 9.79 Å². The largest absolute Gasteiger partial charge is 0.416 e. The molecule has 100 valence electrons. The summed E-state index contributed by atoms with van der Waals surface area (Å²) in [6.07, 6.45) is -4.42. The molecule has 1 unspecified atom stereocenters. The lowest BCUT2D eigenvalue weighted by Gasteiger charge is -2.07. The van der Waals surface area contributed by atoms with Crippen molar-refractivity contribution < 1.29 is 21.8 Å². The smallest absolute Gasteiger partial charge is 0.249 e. The molecule has 0 aromatic heterocycles. The van der Waals surface area contributed by atoms with Crippen molar-refractivity contribution in [3.05, 3.63) is 59.9 Å². The Morgan fingerprint density at radius 2 is 1.21 bits per heavy atom. The molecule has 0 bridgehead atoms. The molecule has 2 aromatic carbocycles. The minimum Gasteiger partial charge on any atom is -0.249 e. The van der Waals surface area contributed by atoms with E-state index in [0.29, 0.717) is 4.90 Å². The molecular weight excluding hydrogens is 280 g/mol. The number of benzene rings is 2. The summed E-state index contributed by atoms with van der Waals surface area (Å²) in [6, 6.07) is 9.03. The van der Waals surface area contributed by atoms with E-state index in [1.807, 2.05) is 0 Å². The molecular formula is C13H8F4OS. The molecule has 0 aliphatic heterocycles. The van der Waals surface area contributed by atoms with Crippen molar-refractivity contribution in [1.82, 2.24) is 0 Å². The number of hydrogen-bond donors (Lipinski definition) is 0. The van der Waals surface area contributed by atoms with Crippen molar-refractivity contribution in [2.75, 3.05) is 0 Å². The molecule has 0 fully saturated rings. The first-order valence-corrected chi connectivity index (χ1v) is 6.37. The van der Waals surface area contributed by atoms with Crippen molar-refractivity contribution in [3.63, 3.8) is 0 Å². The number of halogens is 4. The number of alkyl halides is 3. The van der Waals surface area contributed by atoms with Gasteiger partial charge in [-0.1, -0.05) is 0 Å². The van der Waals surface area contributed by atoms with E-state index in [1.54, 1.807) is 0 Å². The van der Waals surface area contributed by atoms with Gasteiger partial charge in [0.15, 0.2) is 0 Å². The lowest BCUT2D eigenvalue weighted by molar-refractivity contribution is -0.137. The molecule has 0 amide bonds. The highest BCUT2D eigenvalue weighted by Gasteiger charge is 2.30. The minimum absolute atomic E-state index is 0.236. The predicted octanol–water partition coefficient (Wildman–Crippen LogP) is 4.01. The van der Waals surface area contributed by atoms with Crippen LogP contribution in [0, 0.1) is 5.82 Å². The van der Waals surface area contributed by atoms with E-state index in [0.717, 1.165) is 36.4 Å². The molecule has 0 aliphatic carbocycles. The van der Waals surface area contributed by atoms with Crippen LogP contribution in [-0.4, -0.2) is 4.21 Å². The molecule has 0 heterocycles. The summed E-state index contributed by atoms with van der Waals surface area (Å²) in [5, 5.41) is 0. The van der Waals surface area contributed by atoms with E-state index in [1.165, 1.54) is 12.1 Å². The third kappa shape index (κ3) is 3.20. The number of hydrogen-bond acceptors (Lipinski definition) is 1. The van der Waals surface area contributed by atoms with Crippen molar-refractivity contribution in [1.29, 1.82) is 0 Å². The third-order valence-corrected chi connectivity index (χ3v) is 3.82. The fraction of sp³-hybridized carbons (Fsp3) is 0.0769. The third-order valence-electron chi connectivity index (χ3n) is 2.42. The van der Waals surface area contributed by atoms with Crippen LogP contribution in [0.3, 0.4) is 0 Å². The molecule has 6 heteroatoms. The summed E-state index contributed by atoms with van der Waals surface area (Å²) in [5.41, 5.74) is -0.799. The molecule has 0 aliphatic rings. The average molecular weight is 288 g/mol. The zero-order valence-corrected chi connectivity index (χ0v) is 10.3. The highest BCUT2D eigenvalue weighted by atomic mass is 32.2. The van der Waals surface area contributed by atoms with Crippen LogP contribution < -0.4 is 0 Å². The molecule has 0 saturated carbocycles. The summed E-state index contributed by atoms with van der Waals surface area (Å²) in [4.78, 5) is 0.570. The zero-order valence-electron chi connectivity index (χ0n) is 9.45. The first-order chi connectivity index (χ1) is 8.88. The molecule has 0 N–H and O–H groups in total. The molecule has 0 radical (unpaired) electrons. The van der Waals surface area contributed by atoms with Gasteiger partial charge in [-0.3, -0.25) is 0 Å². The maximum Gasteiger partial charge on any atom is 0.416 e. The second-order valence-electron chi connectivity index (χ2n) is 3.74. The van der Waals surface area contributed by atoms with Crippen LogP contribution in [0.15, 0.2) is 58.3 Å². The summed E-state index contributed by atoms with van der Waals surface area (Å²) >= 11 is 0. The second kappa shape index (κ2) is 5.13. The van der Waals surface area contributed by atoms with Gasteiger partial charge >= 0.3 is 6.18 Å². The normalized spacial score (nSPS) is 13.3. The van der Waals surface area contributed by atoms with Gasteiger partial charge in [-0.15, -0.1) is 0 Å². The van der Waals surface area contributed by atoms with Crippen LogP contribution in [0.25, 0.3) is 0 Å². The van der Waals surface area contributed by atoms with Crippen LogP contribution in [0.1, 0.15) is 5.56 Å². The van der Waals surface area contributed by atoms with Crippen molar-refractivity contribution in [2.45, 2.75) is 16.0 Å². The van der Waals surface area contributed by atoms with E-state index in [9.17, 15) is 21.8 Å². The van der Waals surface area contributed by atoms with Crippen molar-refractivity contribution in [3.8, 4) is 0 Å². The first-order valence-electron chi connectivity index (χ1n) is 5.22. The van der Waals surface area contributed by atoms with E-state index in [4.69, 9.17) is 0 Å². The van der Waals surface area contributed by atoms with Gasteiger partial charge in [-0.05, 0) is 48.5 Å². The zero-order chi connectivity index (χ0) is 14.0. The molecule has 19 heavy (non-hydrogen) atoms. The van der Waals surface area contributed by atoms with Gasteiger partial charge in [0.1, 0.15) is 5.82 Å². The molecule has 1 atom stereocenters. The Bertz CT molecular complexity index is 588. The highest BCUT2D eigenvalue weighted by molar-refractivity contribution is 7.85.